The Kier molecular flexibility index (Phi) is 30.7. The first-order valence-corrected chi connectivity index (χ1v) is 47.5. The zero-order valence-corrected chi connectivity index (χ0v) is 86.1. The quantitative estimate of drug-likeness (QED) is 0.172. The van der Waals surface area contributed by atoms with Crippen LogP contribution in [0.5, 0.6) is 0 Å². The van der Waals surface area contributed by atoms with Gasteiger partial charge in [-0.05, 0) is 210 Å². The number of β-amino-alcohol motifs (C(OH)–C–C–N with tert-alkyl or cyclic N) is 1. The van der Waals surface area contributed by atoms with Crippen molar-refractivity contribution in [1.29, 1.82) is 0 Å². The molecule has 9 heterocycles. The van der Waals surface area contributed by atoms with E-state index >= 15 is 0 Å². The van der Waals surface area contributed by atoms with Gasteiger partial charge in [-0.15, -0.1) is 22.7 Å². The van der Waals surface area contributed by atoms with Gasteiger partial charge in [0.2, 0.25) is 11.8 Å². The molecular formula is C103H149F12N9O4S2. The van der Waals surface area contributed by atoms with Crippen LogP contribution in [0.3, 0.4) is 0 Å². The van der Waals surface area contributed by atoms with E-state index in [0.717, 1.165) is 25.5 Å². The van der Waals surface area contributed by atoms with E-state index in [1.807, 2.05) is 91.9 Å². The van der Waals surface area contributed by atoms with Gasteiger partial charge in [0.1, 0.15) is 11.5 Å². The molecule has 0 bridgehead atoms. The summed E-state index contributed by atoms with van der Waals surface area (Å²) in [5, 5.41) is 16.5. The van der Waals surface area contributed by atoms with Gasteiger partial charge in [0.15, 0.2) is 0 Å². The molecule has 7 aromatic rings. The maximum atomic E-state index is 13.7. The van der Waals surface area contributed by atoms with Gasteiger partial charge in [-0.3, -0.25) is 19.1 Å². The maximum absolute atomic E-state index is 13.7. The van der Waals surface area contributed by atoms with Gasteiger partial charge in [-0.2, -0.15) is 57.8 Å². The Morgan fingerprint density at radius 2 is 0.915 bits per heavy atom. The predicted molar refractivity (Wildman–Crippen MR) is 503 cm³/mol. The van der Waals surface area contributed by atoms with Gasteiger partial charge >= 0.3 is 24.7 Å². The molecule has 0 radical (unpaired) electrons. The van der Waals surface area contributed by atoms with E-state index in [9.17, 15) is 72.2 Å². The third-order valence-electron chi connectivity index (χ3n) is 26.5. The summed E-state index contributed by atoms with van der Waals surface area (Å²) in [7, 11) is 1.54. The van der Waals surface area contributed by atoms with Crippen LogP contribution in [0.25, 0.3) is 0 Å². The molecule has 3 amide bonds. The lowest BCUT2D eigenvalue weighted by atomic mass is 9.76. The van der Waals surface area contributed by atoms with Crippen molar-refractivity contribution >= 4 is 51.8 Å². The molecule has 14 rings (SSSR count). The number of imidazole rings is 1. The molecule has 4 aromatic heterocycles. The molecule has 726 valence electrons. The molecular weight excluding hydrogens is 1720 g/mol. The van der Waals surface area contributed by atoms with Gasteiger partial charge in [0.05, 0.1) is 72.5 Å². The molecule has 1 unspecified atom stereocenters. The first-order valence-electron chi connectivity index (χ1n) is 45.9. The first kappa shape index (κ1) is 108. The smallest absolute Gasteiger partial charge is 0.395 e. The summed E-state index contributed by atoms with van der Waals surface area (Å²) >= 11 is 3.87. The fraction of sp³-hybridized carbons (Fsp3) is 0.680. The lowest BCUT2D eigenvalue weighted by Crippen LogP contribution is -2.38. The molecule has 0 saturated carbocycles. The number of anilines is 2. The molecule has 7 aliphatic rings. The van der Waals surface area contributed by atoms with E-state index in [2.05, 4.69) is 140 Å². The van der Waals surface area contributed by atoms with E-state index in [4.69, 9.17) is 15.1 Å². The third-order valence-corrected chi connectivity index (χ3v) is 29.6. The predicted octanol–water partition coefficient (Wildman–Crippen LogP) is 28.0. The van der Waals surface area contributed by atoms with Crippen LogP contribution in [0.4, 0.5) is 64.1 Å². The van der Waals surface area contributed by atoms with E-state index < -0.39 is 85.6 Å². The number of alkyl halides is 12. The number of fused-ring (bicyclic) bond motifs is 7. The molecule has 0 saturated heterocycles. The number of aliphatic hydroxyl groups is 1. The lowest BCUT2D eigenvalue weighted by Gasteiger charge is -2.35. The summed E-state index contributed by atoms with van der Waals surface area (Å²) in [6, 6.07) is 10.9. The molecule has 3 aromatic carbocycles. The number of nitrogens with zero attached hydrogens (tertiary/aromatic N) is 9. The van der Waals surface area contributed by atoms with Crippen molar-refractivity contribution in [2.45, 2.75) is 405 Å². The highest BCUT2D eigenvalue weighted by Crippen LogP contribution is 2.54. The van der Waals surface area contributed by atoms with E-state index in [1.54, 1.807) is 57.8 Å². The largest absolute Gasteiger partial charge is 0.433 e. The first-order chi connectivity index (χ1) is 58.4. The van der Waals surface area contributed by atoms with Crippen molar-refractivity contribution < 1.29 is 72.2 Å². The number of amides is 3. The molecule has 27 heteroatoms. The average molecular weight is 1870 g/mol. The van der Waals surface area contributed by atoms with Crippen molar-refractivity contribution in [2.75, 3.05) is 36.5 Å². The fourth-order valence-corrected chi connectivity index (χ4v) is 20.5. The molecule has 1 atom stereocenters. The molecule has 2 aliphatic carbocycles. The van der Waals surface area contributed by atoms with Crippen LogP contribution in [-0.4, -0.2) is 83.8 Å². The number of benzene rings is 3. The van der Waals surface area contributed by atoms with Crippen LogP contribution < -0.4 is 9.80 Å². The number of aliphatic hydroxyl groups excluding tert-OH is 1. The monoisotopic (exact) mass is 1870 g/mol. The van der Waals surface area contributed by atoms with Crippen LogP contribution in [-0.2, 0) is 134 Å². The normalized spacial score (nSPS) is 19.0. The van der Waals surface area contributed by atoms with Crippen molar-refractivity contribution in [3.05, 3.63) is 158 Å². The molecule has 1 N–H and O–H groups in total. The van der Waals surface area contributed by atoms with Gasteiger partial charge in [-0.25, -0.2) is 15.0 Å². The Morgan fingerprint density at radius 1 is 0.485 bits per heavy atom. The molecule has 13 nitrogen and oxygen atoms in total. The number of hydrogen-bond acceptors (Lipinski definition) is 10. The van der Waals surface area contributed by atoms with Crippen molar-refractivity contribution in [3.63, 3.8) is 0 Å². The van der Waals surface area contributed by atoms with Gasteiger partial charge < -0.3 is 24.4 Å². The SMILES string of the molecule is CC(C)(C)c1cc2c(c(C(F)(F)F)c1)C(C)(C)C(=O)N2CCO.CC(C)(C)c1cc2n(n1)CCCC2(C)C.CC1(C)CCc2nc(C(C)(C)C)sc2C1.CC1(C)CCc2sc(C(C)(C)C)nc2C1.CCCN1C(=O)C(C)(C)c2c1cc(C(C)(C)C)cc2C(F)(F)F.CN1C(=O)c2cc(C(C)(C)C)cc(C(F)(F)F)c2C1(C)C.Cc1nc2n(c1C(F)(F)F)CC(C(C)(C)C)CC2. The highest BCUT2D eigenvalue weighted by molar-refractivity contribution is 7.12. The number of carbonyl (C=O) groups is 3. The Labute approximate surface area is 775 Å². The summed E-state index contributed by atoms with van der Waals surface area (Å²) in [6.45, 7) is 71.6. The van der Waals surface area contributed by atoms with Crippen LogP contribution >= 0.6 is 22.7 Å². The van der Waals surface area contributed by atoms with Crippen LogP contribution in [0.15, 0.2) is 42.5 Å². The van der Waals surface area contributed by atoms with E-state index in [0.29, 0.717) is 70.4 Å². The minimum absolute atomic E-state index is 0.00329. The minimum Gasteiger partial charge on any atom is -0.395 e. The Hall–Kier alpha value is -7.13. The van der Waals surface area contributed by atoms with Crippen LogP contribution in [0.2, 0.25) is 0 Å². The average Bonchev–Trinajstić information content (AvgIpc) is 1.59. The number of thiazole rings is 2. The van der Waals surface area contributed by atoms with Crippen LogP contribution in [0.1, 0.15) is 394 Å². The Bertz CT molecular complexity index is 5070. The number of hydrogen-bond donors (Lipinski definition) is 1. The molecule has 0 fully saturated rings. The topological polar surface area (TPSA) is 143 Å². The van der Waals surface area contributed by atoms with Gasteiger partial charge in [0, 0.05) is 110 Å². The highest BCUT2D eigenvalue weighted by atomic mass is 32.1. The number of aromatic nitrogens is 6. The minimum atomic E-state index is -4.54. The van der Waals surface area contributed by atoms with E-state index in [1.165, 1.54) is 135 Å². The lowest BCUT2D eigenvalue weighted by molar-refractivity contribution is -0.145. The van der Waals surface area contributed by atoms with Gasteiger partial charge in [0.25, 0.3) is 5.91 Å². The molecule has 5 aliphatic heterocycles. The number of rotatable bonds is 4. The second-order valence-electron chi connectivity index (χ2n) is 47.8. The van der Waals surface area contributed by atoms with Crippen molar-refractivity contribution in [1.82, 2.24) is 34.2 Å². The number of aryl methyl sites for hydroxylation is 5. The summed E-state index contributed by atoms with van der Waals surface area (Å²) in [5.41, 5.74) is 2.53. The number of carbonyl (C=O) groups excluding carboxylic acids is 3. The van der Waals surface area contributed by atoms with Crippen molar-refractivity contribution in [2.24, 2.45) is 22.2 Å². The maximum Gasteiger partial charge on any atom is 0.433 e. The summed E-state index contributed by atoms with van der Waals surface area (Å²) in [4.78, 5) is 58.5. The third kappa shape index (κ3) is 24.0. The molecule has 0 spiro atoms. The van der Waals surface area contributed by atoms with Gasteiger partial charge in [-0.1, -0.05) is 194 Å². The Morgan fingerprint density at radius 3 is 1.33 bits per heavy atom. The second-order valence-corrected chi connectivity index (χ2v) is 50.0. The summed E-state index contributed by atoms with van der Waals surface area (Å²) in [5.74, 6) is -0.185. The fourth-order valence-electron chi connectivity index (χ4n) is 18.0. The van der Waals surface area contributed by atoms with Crippen LogP contribution in [0, 0.1) is 29.1 Å². The highest BCUT2D eigenvalue weighted by Gasteiger charge is 2.54. The second kappa shape index (κ2) is 36.8. The Balaban J connectivity index is 0.000000188. The standard InChI is InChI=1S/C18H24F3NO.C17H22F3NO2.C16H20F3NO.C13H19F3N2.C13H22N2.2C13H21NS/c1-7-8-22-13-10-11(16(2,3)4)9-12(18(19,20)21)14(13)17(5,6)15(22)23;1-15(2,3)10-8-11(17(18,19)20)13-12(9-10)21(6-7-22)14(23)16(13,4)5;1-14(2,3)9-7-10-12(11(8-9)16(17,18)19)15(4,5)20(6)13(10)21;1-8-11(13(14,15)16)18-7-9(12(2,3)4)5-6-10(18)17-8;1-12(2,3)10-9-11-13(4,5)7-6-8-15(11)14-10;1-12(2,3)11-14-9-8-13(4,5)7-6-10(9)15-11;1-12(2,3)11-14-9-6-7-13(4,5)8-10(9)15-11/h9-10H,7-8H2,1-6H3;8-9,22H,6-7H2,1-5H3;7-8H,1-6H3;9H,5-7H2,1-4H3;9H,6-8H2,1-5H3;2*6-8H2,1-5H3. The van der Waals surface area contributed by atoms with E-state index in [-0.39, 0.29) is 86.2 Å². The number of halogens is 12. The zero-order chi connectivity index (χ0) is 99.5. The summed E-state index contributed by atoms with van der Waals surface area (Å²) < 4.78 is 165. The molecule has 130 heavy (non-hydrogen) atoms. The zero-order valence-electron chi connectivity index (χ0n) is 84.5. The summed E-state index contributed by atoms with van der Waals surface area (Å²) in [6.07, 6.45) is -5.65. The van der Waals surface area contributed by atoms with Crippen molar-refractivity contribution in [3.8, 4) is 0 Å².